The zero-order chi connectivity index (χ0) is 24.8. The van der Waals surface area contributed by atoms with Gasteiger partial charge in [-0.2, -0.15) is 4.98 Å². The van der Waals surface area contributed by atoms with Crippen molar-refractivity contribution < 1.29 is 18.7 Å². The third-order valence-electron chi connectivity index (χ3n) is 5.07. The molecular formula is C26H24FN5O3. The number of rotatable bonds is 8. The second-order valence-corrected chi connectivity index (χ2v) is 7.53. The Morgan fingerprint density at radius 3 is 2.09 bits per heavy atom. The van der Waals surface area contributed by atoms with Crippen LogP contribution in [-0.2, 0) is 0 Å². The Kier molecular flexibility index (Phi) is 7.06. The Hall–Kier alpha value is -4.66. The molecule has 0 spiro atoms. The van der Waals surface area contributed by atoms with Gasteiger partial charge in [0.1, 0.15) is 23.0 Å². The lowest BCUT2D eigenvalue weighted by molar-refractivity contribution is 0.102. The molecular weight excluding hydrogens is 449 g/mol. The zero-order valence-corrected chi connectivity index (χ0v) is 19.4. The van der Waals surface area contributed by atoms with Crippen LogP contribution in [-0.4, -0.2) is 30.1 Å². The summed E-state index contributed by atoms with van der Waals surface area (Å²) in [7, 11) is 3.17. The van der Waals surface area contributed by atoms with Gasteiger partial charge in [0.25, 0.3) is 5.91 Å². The van der Waals surface area contributed by atoms with E-state index >= 15 is 0 Å². The molecule has 1 amide bonds. The van der Waals surface area contributed by atoms with Crippen LogP contribution < -0.4 is 25.4 Å². The summed E-state index contributed by atoms with van der Waals surface area (Å²) in [5, 5.41) is 9.19. The van der Waals surface area contributed by atoms with E-state index in [-0.39, 0.29) is 5.56 Å². The van der Waals surface area contributed by atoms with Crippen molar-refractivity contribution in [2.75, 3.05) is 30.2 Å². The first kappa shape index (κ1) is 23.5. The highest BCUT2D eigenvalue weighted by Crippen LogP contribution is 2.30. The third kappa shape index (κ3) is 5.83. The van der Waals surface area contributed by atoms with E-state index in [1.54, 1.807) is 27.2 Å². The van der Waals surface area contributed by atoms with Gasteiger partial charge in [0.15, 0.2) is 5.82 Å². The van der Waals surface area contributed by atoms with Crippen molar-refractivity contribution in [3.05, 3.63) is 89.9 Å². The molecule has 35 heavy (non-hydrogen) atoms. The molecule has 0 saturated carbocycles. The van der Waals surface area contributed by atoms with Crippen LogP contribution in [0.1, 0.15) is 16.1 Å². The van der Waals surface area contributed by atoms with Gasteiger partial charge < -0.3 is 25.4 Å². The molecule has 1 heterocycles. The first-order chi connectivity index (χ1) is 16.9. The first-order valence-electron chi connectivity index (χ1n) is 10.7. The molecule has 0 aliphatic heterocycles. The summed E-state index contributed by atoms with van der Waals surface area (Å²) < 4.78 is 24.2. The molecule has 0 radical (unpaired) electrons. The van der Waals surface area contributed by atoms with Crippen LogP contribution in [0.15, 0.2) is 72.8 Å². The Labute approximate surface area is 202 Å². The number of hydrogen-bond acceptors (Lipinski definition) is 7. The summed E-state index contributed by atoms with van der Waals surface area (Å²) in [5.41, 5.74) is 2.46. The Balaban J connectivity index is 1.71. The minimum absolute atomic E-state index is 0.176. The number of aromatic nitrogens is 2. The van der Waals surface area contributed by atoms with E-state index in [0.29, 0.717) is 40.3 Å². The summed E-state index contributed by atoms with van der Waals surface area (Å²) in [6, 6.07) is 20.1. The molecule has 0 fully saturated rings. The third-order valence-corrected chi connectivity index (χ3v) is 5.07. The molecule has 9 heteroatoms. The Bertz CT molecular complexity index is 1360. The van der Waals surface area contributed by atoms with Gasteiger partial charge in [-0.15, -0.1) is 0 Å². The number of anilines is 5. The second-order valence-electron chi connectivity index (χ2n) is 7.53. The van der Waals surface area contributed by atoms with Crippen molar-refractivity contribution in [1.29, 1.82) is 0 Å². The smallest absolute Gasteiger partial charge is 0.255 e. The molecule has 0 saturated heterocycles. The van der Waals surface area contributed by atoms with Crippen molar-refractivity contribution in [1.82, 2.24) is 9.97 Å². The number of benzene rings is 3. The van der Waals surface area contributed by atoms with Gasteiger partial charge in [-0.05, 0) is 49.4 Å². The largest absolute Gasteiger partial charge is 0.497 e. The van der Waals surface area contributed by atoms with Gasteiger partial charge in [0.2, 0.25) is 5.95 Å². The van der Waals surface area contributed by atoms with Crippen LogP contribution in [0, 0.1) is 12.7 Å². The summed E-state index contributed by atoms with van der Waals surface area (Å²) in [4.78, 5) is 22.0. The highest BCUT2D eigenvalue weighted by atomic mass is 19.1. The van der Waals surface area contributed by atoms with Crippen molar-refractivity contribution in [2.24, 2.45) is 0 Å². The molecule has 8 nitrogen and oxygen atoms in total. The molecule has 3 N–H and O–H groups in total. The molecule has 0 aliphatic rings. The van der Waals surface area contributed by atoms with E-state index in [9.17, 15) is 9.18 Å². The van der Waals surface area contributed by atoms with E-state index in [1.807, 2.05) is 42.5 Å². The molecule has 1 aromatic heterocycles. The standard InChI is InChI=1S/C26H24FN5O3/c1-16-23(31-25(33)17-7-4-8-18(27)13-17)24(29-19-9-5-11-21(14-19)34-2)32-26(28-16)30-20-10-6-12-22(15-20)35-3/h4-15H,1-3H3,(H,31,33)(H2,28,29,30,32). The molecule has 0 bridgehead atoms. The number of halogens is 1. The lowest BCUT2D eigenvalue weighted by Crippen LogP contribution is -2.16. The van der Waals surface area contributed by atoms with Crippen molar-refractivity contribution in [2.45, 2.75) is 6.92 Å². The minimum Gasteiger partial charge on any atom is -0.497 e. The molecule has 3 aromatic carbocycles. The summed E-state index contributed by atoms with van der Waals surface area (Å²) >= 11 is 0. The second kappa shape index (κ2) is 10.5. The number of carbonyl (C=O) groups excluding carboxylic acids is 1. The fourth-order valence-corrected chi connectivity index (χ4v) is 3.35. The van der Waals surface area contributed by atoms with Crippen LogP contribution >= 0.6 is 0 Å². The van der Waals surface area contributed by atoms with Gasteiger partial charge in [-0.25, -0.2) is 9.37 Å². The fourth-order valence-electron chi connectivity index (χ4n) is 3.35. The van der Waals surface area contributed by atoms with Gasteiger partial charge in [-0.1, -0.05) is 18.2 Å². The number of ether oxygens (including phenoxy) is 2. The molecule has 0 unspecified atom stereocenters. The summed E-state index contributed by atoms with van der Waals surface area (Å²) in [6.07, 6.45) is 0. The maximum atomic E-state index is 13.7. The Morgan fingerprint density at radius 2 is 1.46 bits per heavy atom. The monoisotopic (exact) mass is 473 g/mol. The number of amides is 1. The van der Waals surface area contributed by atoms with Gasteiger partial charge in [0.05, 0.1) is 19.9 Å². The average Bonchev–Trinajstić information content (AvgIpc) is 2.86. The highest BCUT2D eigenvalue weighted by Gasteiger charge is 2.17. The van der Waals surface area contributed by atoms with E-state index in [0.717, 1.165) is 5.69 Å². The predicted molar refractivity (Wildman–Crippen MR) is 134 cm³/mol. The van der Waals surface area contributed by atoms with E-state index < -0.39 is 11.7 Å². The lowest BCUT2D eigenvalue weighted by Gasteiger charge is -2.17. The molecule has 4 aromatic rings. The van der Waals surface area contributed by atoms with E-state index in [4.69, 9.17) is 9.47 Å². The van der Waals surface area contributed by atoms with Crippen molar-refractivity contribution in [3.8, 4) is 11.5 Å². The zero-order valence-electron chi connectivity index (χ0n) is 19.4. The van der Waals surface area contributed by atoms with Crippen molar-refractivity contribution >= 4 is 34.7 Å². The van der Waals surface area contributed by atoms with E-state index in [2.05, 4.69) is 25.9 Å². The van der Waals surface area contributed by atoms with Crippen LogP contribution in [0.5, 0.6) is 11.5 Å². The summed E-state index contributed by atoms with van der Waals surface area (Å²) in [6.45, 7) is 1.75. The van der Waals surface area contributed by atoms with Gasteiger partial charge >= 0.3 is 0 Å². The average molecular weight is 474 g/mol. The van der Waals surface area contributed by atoms with Crippen LogP contribution in [0.25, 0.3) is 0 Å². The number of nitrogens with one attached hydrogen (secondary N) is 3. The van der Waals surface area contributed by atoms with Crippen LogP contribution in [0.4, 0.5) is 33.2 Å². The molecule has 0 atom stereocenters. The van der Waals surface area contributed by atoms with Crippen molar-refractivity contribution in [3.63, 3.8) is 0 Å². The number of nitrogens with zero attached hydrogens (tertiary/aromatic N) is 2. The van der Waals surface area contributed by atoms with Crippen LogP contribution in [0.2, 0.25) is 0 Å². The summed E-state index contributed by atoms with van der Waals surface area (Å²) in [5.74, 6) is 1.00. The fraction of sp³-hybridized carbons (Fsp3) is 0.115. The number of aryl methyl sites for hydroxylation is 1. The number of carbonyl (C=O) groups is 1. The van der Waals surface area contributed by atoms with E-state index in [1.165, 1.54) is 24.3 Å². The quantitative estimate of drug-likeness (QED) is 0.303. The predicted octanol–water partition coefficient (Wildman–Crippen LogP) is 5.68. The number of methoxy groups -OCH3 is 2. The molecule has 0 aliphatic carbocycles. The Morgan fingerprint density at radius 1 is 0.829 bits per heavy atom. The maximum Gasteiger partial charge on any atom is 0.255 e. The van der Waals surface area contributed by atoms with Crippen LogP contribution in [0.3, 0.4) is 0 Å². The molecule has 4 rings (SSSR count). The first-order valence-corrected chi connectivity index (χ1v) is 10.7. The van der Waals surface area contributed by atoms with Gasteiger partial charge in [0, 0.05) is 29.1 Å². The molecule has 178 valence electrons. The number of hydrogen-bond donors (Lipinski definition) is 3. The lowest BCUT2D eigenvalue weighted by atomic mass is 10.2. The highest BCUT2D eigenvalue weighted by molar-refractivity contribution is 6.06. The normalized spacial score (nSPS) is 10.4. The maximum absolute atomic E-state index is 13.7. The topological polar surface area (TPSA) is 97.4 Å². The minimum atomic E-state index is -0.502. The van der Waals surface area contributed by atoms with Gasteiger partial charge in [-0.3, -0.25) is 4.79 Å². The SMILES string of the molecule is COc1cccc(Nc2nc(C)c(NC(=O)c3cccc(F)c3)c(Nc3cccc(OC)c3)n2)c1.